The highest BCUT2D eigenvalue weighted by atomic mass is 79.9. The third kappa shape index (κ3) is 2.37. The normalized spacial score (nSPS) is 10.5. The number of carbonyl (C=O) groups is 1. The largest absolute Gasteiger partial charge is 0.477 e. The van der Waals surface area contributed by atoms with E-state index >= 15 is 0 Å². The summed E-state index contributed by atoms with van der Waals surface area (Å²) in [6.07, 6.45) is 1.59. The second kappa shape index (κ2) is 4.55. The molecule has 0 spiro atoms. The van der Waals surface area contributed by atoms with Crippen LogP contribution in [0, 0.1) is 6.92 Å². The molecule has 3 nitrogen and oxygen atoms in total. The van der Waals surface area contributed by atoms with Crippen molar-refractivity contribution in [1.29, 1.82) is 0 Å². The molecule has 0 aliphatic rings. The van der Waals surface area contributed by atoms with Crippen LogP contribution < -0.4 is 0 Å². The van der Waals surface area contributed by atoms with Gasteiger partial charge in [0.1, 0.15) is 5.69 Å². The zero-order chi connectivity index (χ0) is 12.6. The van der Waals surface area contributed by atoms with Crippen molar-refractivity contribution in [1.82, 2.24) is 4.57 Å². The number of halogens is 2. The molecular weight excluding hydrogens is 305 g/mol. The number of aromatic nitrogens is 1. The third-order valence-corrected chi connectivity index (χ3v) is 3.50. The van der Waals surface area contributed by atoms with Gasteiger partial charge in [0.05, 0.1) is 5.02 Å². The molecule has 17 heavy (non-hydrogen) atoms. The first-order chi connectivity index (χ1) is 7.99. The number of benzene rings is 1. The molecule has 0 saturated heterocycles. The molecule has 0 atom stereocenters. The van der Waals surface area contributed by atoms with E-state index in [0.29, 0.717) is 5.02 Å². The topological polar surface area (TPSA) is 42.2 Å². The van der Waals surface area contributed by atoms with E-state index in [1.54, 1.807) is 10.8 Å². The van der Waals surface area contributed by atoms with Crippen LogP contribution in [0.25, 0.3) is 5.69 Å². The van der Waals surface area contributed by atoms with E-state index < -0.39 is 5.97 Å². The maximum absolute atomic E-state index is 11.1. The number of nitrogens with zero attached hydrogens (tertiary/aromatic N) is 1. The fourth-order valence-electron chi connectivity index (χ4n) is 1.54. The smallest absolute Gasteiger partial charge is 0.352 e. The molecule has 1 aromatic carbocycles. The predicted molar refractivity (Wildman–Crippen MR) is 70.2 cm³/mol. The fourth-order valence-corrected chi connectivity index (χ4v) is 2.11. The Bertz CT molecular complexity index is 592. The van der Waals surface area contributed by atoms with Gasteiger partial charge in [-0.3, -0.25) is 0 Å². The number of carboxylic acids is 1. The minimum absolute atomic E-state index is 0.144. The number of aryl methyl sites for hydroxylation is 1. The molecule has 0 bridgehead atoms. The summed E-state index contributed by atoms with van der Waals surface area (Å²) in [6.45, 7) is 1.97. The number of hydrogen-bond acceptors (Lipinski definition) is 1. The standard InChI is InChI=1S/C12H9BrClNO2/c1-7-2-3-9(5-10(7)13)15-6-8(14)4-11(15)12(16)17/h2-6H,1H3,(H,16,17). The van der Waals surface area contributed by atoms with Gasteiger partial charge in [-0.2, -0.15) is 0 Å². The highest BCUT2D eigenvalue weighted by molar-refractivity contribution is 9.10. The van der Waals surface area contributed by atoms with Crippen LogP contribution in [-0.4, -0.2) is 15.6 Å². The molecule has 0 radical (unpaired) electrons. The maximum Gasteiger partial charge on any atom is 0.352 e. The molecular formula is C12H9BrClNO2. The molecule has 1 N–H and O–H groups in total. The van der Waals surface area contributed by atoms with Crippen molar-refractivity contribution < 1.29 is 9.90 Å². The van der Waals surface area contributed by atoms with Gasteiger partial charge in [0, 0.05) is 16.4 Å². The van der Waals surface area contributed by atoms with Gasteiger partial charge in [0.25, 0.3) is 0 Å². The van der Waals surface area contributed by atoms with Crippen LogP contribution >= 0.6 is 27.5 Å². The van der Waals surface area contributed by atoms with E-state index in [-0.39, 0.29) is 5.69 Å². The van der Waals surface area contributed by atoms with Gasteiger partial charge in [0.15, 0.2) is 0 Å². The Hall–Kier alpha value is -1.26. The summed E-state index contributed by atoms with van der Waals surface area (Å²) < 4.78 is 2.48. The van der Waals surface area contributed by atoms with Crippen LogP contribution in [0.5, 0.6) is 0 Å². The first kappa shape index (κ1) is 12.2. The van der Waals surface area contributed by atoms with E-state index in [0.717, 1.165) is 15.7 Å². The van der Waals surface area contributed by atoms with Crippen molar-refractivity contribution in [2.75, 3.05) is 0 Å². The van der Waals surface area contributed by atoms with E-state index in [4.69, 9.17) is 16.7 Å². The van der Waals surface area contributed by atoms with Crippen LogP contribution in [0.4, 0.5) is 0 Å². The summed E-state index contributed by atoms with van der Waals surface area (Å²) in [7, 11) is 0. The SMILES string of the molecule is Cc1ccc(-n2cc(Cl)cc2C(=O)O)cc1Br. The molecule has 2 rings (SSSR count). The second-order valence-corrected chi connectivity index (χ2v) is 4.94. The zero-order valence-corrected chi connectivity index (χ0v) is 11.3. The Labute approximate surface area is 112 Å². The van der Waals surface area contributed by atoms with Crippen LogP contribution in [0.15, 0.2) is 34.9 Å². The first-order valence-electron chi connectivity index (χ1n) is 4.87. The van der Waals surface area contributed by atoms with Crippen LogP contribution in [0.1, 0.15) is 16.1 Å². The van der Waals surface area contributed by atoms with Crippen LogP contribution in [0.3, 0.4) is 0 Å². The lowest BCUT2D eigenvalue weighted by atomic mass is 10.2. The van der Waals surface area contributed by atoms with Gasteiger partial charge in [0.2, 0.25) is 0 Å². The predicted octanol–water partition coefficient (Wildman–Crippen LogP) is 3.90. The zero-order valence-electron chi connectivity index (χ0n) is 8.95. The van der Waals surface area contributed by atoms with Gasteiger partial charge in [-0.1, -0.05) is 33.6 Å². The van der Waals surface area contributed by atoms with Crippen molar-refractivity contribution >= 4 is 33.5 Å². The molecule has 0 aliphatic heterocycles. The molecule has 0 amide bonds. The van der Waals surface area contributed by atoms with Crippen LogP contribution in [0.2, 0.25) is 5.02 Å². The minimum Gasteiger partial charge on any atom is -0.477 e. The number of rotatable bonds is 2. The van der Waals surface area contributed by atoms with E-state index in [1.165, 1.54) is 6.07 Å². The summed E-state index contributed by atoms with van der Waals surface area (Å²) in [6, 6.07) is 7.05. The monoisotopic (exact) mass is 313 g/mol. The van der Waals surface area contributed by atoms with Gasteiger partial charge in [-0.25, -0.2) is 4.79 Å². The lowest BCUT2D eigenvalue weighted by Crippen LogP contribution is -2.05. The Morgan fingerprint density at radius 2 is 2.12 bits per heavy atom. The summed E-state index contributed by atoms with van der Waals surface area (Å²) >= 11 is 9.25. The molecule has 1 heterocycles. The summed E-state index contributed by atoms with van der Waals surface area (Å²) in [5.74, 6) is -1.01. The highest BCUT2D eigenvalue weighted by Gasteiger charge is 2.13. The number of hydrogen-bond donors (Lipinski definition) is 1. The van der Waals surface area contributed by atoms with E-state index in [9.17, 15) is 4.79 Å². The average molecular weight is 315 g/mol. The van der Waals surface area contributed by atoms with Gasteiger partial charge in [-0.15, -0.1) is 0 Å². The quantitative estimate of drug-likeness (QED) is 0.913. The van der Waals surface area contributed by atoms with E-state index in [1.807, 2.05) is 25.1 Å². The Kier molecular flexibility index (Phi) is 3.26. The Balaban J connectivity index is 2.59. The molecule has 0 saturated carbocycles. The number of aromatic carboxylic acids is 1. The molecule has 5 heteroatoms. The molecule has 0 fully saturated rings. The fraction of sp³-hybridized carbons (Fsp3) is 0.0833. The maximum atomic E-state index is 11.1. The van der Waals surface area contributed by atoms with Gasteiger partial charge < -0.3 is 9.67 Å². The van der Waals surface area contributed by atoms with Crippen LogP contribution in [-0.2, 0) is 0 Å². The Morgan fingerprint density at radius 1 is 1.41 bits per heavy atom. The van der Waals surface area contributed by atoms with Gasteiger partial charge in [-0.05, 0) is 30.7 Å². The molecule has 1 aromatic heterocycles. The summed E-state index contributed by atoms with van der Waals surface area (Å²) in [5, 5.41) is 9.47. The van der Waals surface area contributed by atoms with Crippen molar-refractivity contribution in [2.24, 2.45) is 0 Å². The van der Waals surface area contributed by atoms with Crippen molar-refractivity contribution in [3.8, 4) is 5.69 Å². The molecule has 2 aromatic rings. The first-order valence-corrected chi connectivity index (χ1v) is 6.04. The Morgan fingerprint density at radius 3 is 2.71 bits per heavy atom. The highest BCUT2D eigenvalue weighted by Crippen LogP contribution is 2.24. The van der Waals surface area contributed by atoms with Crippen molar-refractivity contribution in [2.45, 2.75) is 6.92 Å². The van der Waals surface area contributed by atoms with Crippen molar-refractivity contribution in [3.63, 3.8) is 0 Å². The van der Waals surface area contributed by atoms with Crippen molar-refractivity contribution in [3.05, 3.63) is 51.2 Å². The lowest BCUT2D eigenvalue weighted by Gasteiger charge is -2.07. The third-order valence-electron chi connectivity index (χ3n) is 2.44. The number of carboxylic acid groups (broad SMARTS) is 1. The molecule has 88 valence electrons. The summed E-state index contributed by atoms with van der Waals surface area (Å²) in [5.41, 5.74) is 1.99. The lowest BCUT2D eigenvalue weighted by molar-refractivity contribution is 0.0688. The second-order valence-electron chi connectivity index (χ2n) is 3.65. The van der Waals surface area contributed by atoms with E-state index in [2.05, 4.69) is 15.9 Å². The van der Waals surface area contributed by atoms with Gasteiger partial charge >= 0.3 is 5.97 Å². The minimum atomic E-state index is -1.01. The average Bonchev–Trinajstić information content (AvgIpc) is 2.64. The summed E-state index contributed by atoms with van der Waals surface area (Å²) in [4.78, 5) is 11.1. The molecule has 0 unspecified atom stereocenters. The molecule has 0 aliphatic carbocycles.